The Morgan fingerprint density at radius 3 is 2.57 bits per heavy atom. The van der Waals surface area contributed by atoms with Crippen molar-refractivity contribution in [3.8, 4) is 11.3 Å². The van der Waals surface area contributed by atoms with Crippen LogP contribution in [0.25, 0.3) is 27.7 Å². The molecule has 0 unspecified atom stereocenters. The first-order chi connectivity index (χ1) is 10.9. The van der Waals surface area contributed by atoms with Gasteiger partial charge in [-0.3, -0.25) is 5.10 Å². The van der Waals surface area contributed by atoms with E-state index in [9.17, 15) is 5.11 Å². The van der Waals surface area contributed by atoms with Crippen molar-refractivity contribution in [2.24, 2.45) is 0 Å². The molecule has 115 valence electrons. The predicted octanol–water partition coefficient (Wildman–Crippen LogP) is 3.46. The highest BCUT2D eigenvalue weighted by atomic mass is 16.3. The first kappa shape index (κ1) is 14.0. The fourth-order valence-corrected chi connectivity index (χ4v) is 2.92. The fourth-order valence-electron chi connectivity index (χ4n) is 2.92. The van der Waals surface area contributed by atoms with Crippen molar-refractivity contribution < 1.29 is 5.11 Å². The van der Waals surface area contributed by atoms with Gasteiger partial charge in [-0.2, -0.15) is 5.10 Å². The summed E-state index contributed by atoms with van der Waals surface area (Å²) in [5.41, 5.74) is 4.95. The van der Waals surface area contributed by atoms with E-state index in [4.69, 9.17) is 0 Å². The van der Waals surface area contributed by atoms with Gasteiger partial charge in [-0.1, -0.05) is 24.3 Å². The summed E-state index contributed by atoms with van der Waals surface area (Å²) in [6.45, 7) is 5.57. The molecule has 0 fully saturated rings. The van der Waals surface area contributed by atoms with Crippen molar-refractivity contribution >= 4 is 22.3 Å². The Morgan fingerprint density at radius 1 is 1.13 bits per heavy atom. The van der Waals surface area contributed by atoms with Crippen LogP contribution in [-0.2, 0) is 5.60 Å². The van der Waals surface area contributed by atoms with Crippen molar-refractivity contribution in [1.82, 2.24) is 20.5 Å². The minimum Gasteiger partial charge on any atom is -0.386 e. The SMILES string of the molecule is CC1=C[N]c2ncc3c(-c4ccc(C(C)(C)O)cc4)n[nH]c3c21. The zero-order valence-corrected chi connectivity index (χ0v) is 13.3. The number of fused-ring (bicyclic) bond motifs is 3. The zero-order chi connectivity index (χ0) is 16.2. The topological polar surface area (TPSA) is 75.9 Å². The molecule has 23 heavy (non-hydrogen) atoms. The van der Waals surface area contributed by atoms with E-state index in [1.807, 2.05) is 43.6 Å². The number of hydrogen-bond acceptors (Lipinski definition) is 3. The fraction of sp³-hybridized carbons (Fsp3) is 0.222. The molecule has 0 aliphatic carbocycles. The van der Waals surface area contributed by atoms with Crippen LogP contribution in [0.2, 0.25) is 0 Å². The third-order valence-electron chi connectivity index (χ3n) is 4.23. The van der Waals surface area contributed by atoms with Crippen molar-refractivity contribution in [2.75, 3.05) is 0 Å². The number of H-pyrrole nitrogens is 1. The molecule has 2 N–H and O–H groups in total. The van der Waals surface area contributed by atoms with Crippen molar-refractivity contribution in [3.63, 3.8) is 0 Å². The summed E-state index contributed by atoms with van der Waals surface area (Å²) in [7, 11) is 0. The van der Waals surface area contributed by atoms with Gasteiger partial charge in [-0.25, -0.2) is 10.3 Å². The van der Waals surface area contributed by atoms with Gasteiger partial charge in [0.2, 0.25) is 0 Å². The van der Waals surface area contributed by atoms with Gasteiger partial charge in [0.25, 0.3) is 0 Å². The third kappa shape index (κ3) is 2.12. The normalized spacial score (nSPS) is 13.8. The number of rotatable bonds is 2. The number of pyridine rings is 1. The van der Waals surface area contributed by atoms with Crippen molar-refractivity contribution in [1.29, 1.82) is 0 Å². The number of aromatic amines is 1. The van der Waals surface area contributed by atoms with Crippen LogP contribution in [0.3, 0.4) is 0 Å². The van der Waals surface area contributed by atoms with Crippen molar-refractivity contribution in [2.45, 2.75) is 26.4 Å². The molecule has 0 spiro atoms. The van der Waals surface area contributed by atoms with Gasteiger partial charge in [0, 0.05) is 28.9 Å². The molecule has 3 aromatic rings. The highest BCUT2D eigenvalue weighted by Crippen LogP contribution is 2.37. The van der Waals surface area contributed by atoms with Gasteiger partial charge in [0.05, 0.1) is 11.1 Å². The summed E-state index contributed by atoms with van der Waals surface area (Å²) < 4.78 is 0. The minimum absolute atomic E-state index is 0.738. The lowest BCUT2D eigenvalue weighted by atomic mass is 9.96. The first-order valence-corrected chi connectivity index (χ1v) is 7.53. The van der Waals surface area contributed by atoms with E-state index < -0.39 is 5.60 Å². The van der Waals surface area contributed by atoms with E-state index >= 15 is 0 Å². The van der Waals surface area contributed by atoms with E-state index in [2.05, 4.69) is 20.5 Å². The molecule has 1 aromatic carbocycles. The quantitative estimate of drug-likeness (QED) is 0.761. The number of benzene rings is 1. The van der Waals surface area contributed by atoms with E-state index in [0.717, 1.165) is 44.7 Å². The molecule has 3 heterocycles. The number of allylic oxidation sites excluding steroid dienone is 1. The second-order valence-electron chi connectivity index (χ2n) is 6.40. The van der Waals surface area contributed by atoms with Crippen LogP contribution in [0.15, 0.2) is 36.7 Å². The maximum Gasteiger partial charge on any atom is 0.161 e. The number of nitrogens with zero attached hydrogens (tertiary/aromatic N) is 3. The molecular formula is C18H17N4O. The molecule has 0 atom stereocenters. The van der Waals surface area contributed by atoms with E-state index in [0.29, 0.717) is 0 Å². The molecule has 0 amide bonds. The van der Waals surface area contributed by atoms with Gasteiger partial charge >= 0.3 is 0 Å². The van der Waals surface area contributed by atoms with Crippen LogP contribution in [-0.4, -0.2) is 20.3 Å². The Bertz CT molecular complexity index is 930. The molecule has 2 aromatic heterocycles. The average molecular weight is 305 g/mol. The molecular weight excluding hydrogens is 288 g/mol. The lowest BCUT2D eigenvalue weighted by Crippen LogP contribution is -2.14. The van der Waals surface area contributed by atoms with Gasteiger partial charge in [-0.05, 0) is 31.9 Å². The van der Waals surface area contributed by atoms with Crippen LogP contribution >= 0.6 is 0 Å². The lowest BCUT2D eigenvalue weighted by Gasteiger charge is -2.17. The van der Waals surface area contributed by atoms with Crippen LogP contribution in [0.1, 0.15) is 31.9 Å². The smallest absolute Gasteiger partial charge is 0.161 e. The standard InChI is InChI=1S/C18H17N4O/c1-10-8-19-17-14(10)16-13(9-20-17)15(21-22-16)11-4-6-12(7-5-11)18(2,3)23/h4-9,23H,1-3H3,(H,21,22). The summed E-state index contributed by atoms with van der Waals surface area (Å²) in [5, 5.41) is 22.9. The Labute approximate surface area is 134 Å². The molecule has 0 bridgehead atoms. The number of hydrogen-bond donors (Lipinski definition) is 2. The third-order valence-corrected chi connectivity index (χ3v) is 4.23. The Balaban J connectivity index is 1.85. The van der Waals surface area contributed by atoms with Crippen molar-refractivity contribution in [3.05, 3.63) is 47.8 Å². The molecule has 5 heteroatoms. The van der Waals surface area contributed by atoms with Crippen LogP contribution in [0.4, 0.5) is 5.82 Å². The number of nitrogens with one attached hydrogen (secondary N) is 1. The van der Waals surface area contributed by atoms with Gasteiger partial charge in [0.15, 0.2) is 5.82 Å². The molecule has 1 aliphatic heterocycles. The maximum absolute atomic E-state index is 10.1. The maximum atomic E-state index is 10.1. The van der Waals surface area contributed by atoms with E-state index in [1.54, 1.807) is 13.8 Å². The van der Waals surface area contributed by atoms with Crippen LogP contribution in [0, 0.1) is 0 Å². The summed E-state index contributed by atoms with van der Waals surface area (Å²) in [6.07, 6.45) is 3.64. The molecule has 4 rings (SSSR count). The van der Waals surface area contributed by atoms with Crippen LogP contribution < -0.4 is 5.32 Å². The lowest BCUT2D eigenvalue weighted by molar-refractivity contribution is 0.0786. The summed E-state index contributed by atoms with van der Waals surface area (Å²) >= 11 is 0. The Hall–Kier alpha value is -2.66. The van der Waals surface area contributed by atoms with Gasteiger partial charge in [-0.15, -0.1) is 0 Å². The minimum atomic E-state index is -0.849. The van der Waals surface area contributed by atoms with Crippen LogP contribution in [0.5, 0.6) is 0 Å². The monoisotopic (exact) mass is 305 g/mol. The molecule has 1 aliphatic rings. The van der Waals surface area contributed by atoms with Gasteiger partial charge in [0.1, 0.15) is 5.69 Å². The molecule has 1 radical (unpaired) electrons. The summed E-state index contributed by atoms with van der Waals surface area (Å²) in [5.74, 6) is 0.738. The predicted molar refractivity (Wildman–Crippen MR) is 90.0 cm³/mol. The summed E-state index contributed by atoms with van der Waals surface area (Å²) in [6, 6.07) is 7.81. The first-order valence-electron chi connectivity index (χ1n) is 7.53. The highest BCUT2D eigenvalue weighted by Gasteiger charge is 2.21. The Kier molecular flexibility index (Phi) is 2.83. The van der Waals surface area contributed by atoms with Gasteiger partial charge < -0.3 is 5.11 Å². The zero-order valence-electron chi connectivity index (χ0n) is 13.3. The molecule has 0 saturated carbocycles. The second-order valence-corrected chi connectivity index (χ2v) is 6.40. The average Bonchev–Trinajstić information content (AvgIpc) is 3.10. The molecule has 5 nitrogen and oxygen atoms in total. The number of aliphatic hydroxyl groups is 1. The van der Waals surface area contributed by atoms with E-state index in [1.165, 1.54) is 0 Å². The highest BCUT2D eigenvalue weighted by molar-refractivity contribution is 6.01. The van der Waals surface area contributed by atoms with E-state index in [-0.39, 0.29) is 0 Å². The largest absolute Gasteiger partial charge is 0.386 e. The summed E-state index contributed by atoms with van der Waals surface area (Å²) in [4.78, 5) is 4.43. The second kappa shape index (κ2) is 4.67. The molecule has 0 saturated heterocycles. The Morgan fingerprint density at radius 2 is 1.87 bits per heavy atom. The number of aromatic nitrogens is 3.